The van der Waals surface area contributed by atoms with Crippen molar-refractivity contribution in [2.75, 3.05) is 0 Å². The molecule has 0 aromatic heterocycles. The van der Waals surface area contributed by atoms with E-state index < -0.39 is 5.97 Å². The molecule has 0 saturated heterocycles. The van der Waals surface area contributed by atoms with Crippen molar-refractivity contribution in [3.8, 4) is 0 Å². The Morgan fingerprint density at radius 3 is 2.44 bits per heavy atom. The van der Waals surface area contributed by atoms with Gasteiger partial charge in [0.25, 0.3) is 0 Å². The zero-order valence-electron chi connectivity index (χ0n) is 5.29. The van der Waals surface area contributed by atoms with Gasteiger partial charge in [-0.25, -0.2) is 4.79 Å². The highest BCUT2D eigenvalue weighted by atomic mass is 16.4. The van der Waals surface area contributed by atoms with Crippen LogP contribution in [0.5, 0.6) is 0 Å². The molecule has 2 N–H and O–H groups in total. The van der Waals surface area contributed by atoms with Crippen molar-refractivity contribution in [1.29, 1.82) is 0 Å². The molecule has 0 atom stereocenters. The van der Waals surface area contributed by atoms with Crippen LogP contribution in [0.25, 0.3) is 0 Å². The maximum atomic E-state index is 9.85. The summed E-state index contributed by atoms with van der Waals surface area (Å²) in [6.07, 6.45) is 2.01. The summed E-state index contributed by atoms with van der Waals surface area (Å²) in [5.41, 5.74) is 0. The number of carboxylic acids is 1. The van der Waals surface area contributed by atoms with Crippen molar-refractivity contribution in [1.82, 2.24) is 0 Å². The van der Waals surface area contributed by atoms with Crippen LogP contribution in [0.1, 0.15) is 19.8 Å². The molecule has 0 aliphatic rings. The predicted molar refractivity (Wildman–Crippen MR) is 33.3 cm³/mol. The molecule has 0 heterocycles. The highest BCUT2D eigenvalue weighted by Crippen LogP contribution is 1.98. The minimum atomic E-state index is -1.10. The topological polar surface area (TPSA) is 57.5 Å². The first-order chi connectivity index (χ1) is 4.16. The molecule has 0 bridgehead atoms. The lowest BCUT2D eigenvalue weighted by Crippen LogP contribution is -1.91. The summed E-state index contributed by atoms with van der Waals surface area (Å²) in [5.74, 6) is -1.16. The predicted octanol–water partition coefficient (Wildman–Crippen LogP) is 1.31. The Bertz CT molecular complexity index is 126. The Morgan fingerprint density at radius 1 is 1.56 bits per heavy atom. The number of carboxylic acid groups (broad SMARTS) is 1. The van der Waals surface area contributed by atoms with Crippen molar-refractivity contribution in [2.24, 2.45) is 0 Å². The van der Waals surface area contributed by atoms with Crippen LogP contribution in [0.2, 0.25) is 0 Å². The monoisotopic (exact) mass is 130 g/mol. The Labute approximate surface area is 53.6 Å². The van der Waals surface area contributed by atoms with Crippen LogP contribution in [0.15, 0.2) is 11.8 Å². The van der Waals surface area contributed by atoms with E-state index in [4.69, 9.17) is 10.2 Å². The summed E-state index contributed by atoms with van der Waals surface area (Å²) in [6, 6.07) is 0. The van der Waals surface area contributed by atoms with E-state index in [0.717, 1.165) is 12.5 Å². The van der Waals surface area contributed by atoms with E-state index in [1.165, 1.54) is 0 Å². The van der Waals surface area contributed by atoms with Gasteiger partial charge in [-0.2, -0.15) is 0 Å². The molecule has 0 aromatic rings. The normalized spacial score (nSPS) is 11.4. The molecular weight excluding hydrogens is 120 g/mol. The Balaban J connectivity index is 3.69. The van der Waals surface area contributed by atoms with Gasteiger partial charge in [0.2, 0.25) is 0 Å². The van der Waals surface area contributed by atoms with Gasteiger partial charge in [-0.1, -0.05) is 6.92 Å². The molecular formula is C6H10O3. The minimum absolute atomic E-state index is 0.0648. The van der Waals surface area contributed by atoms with Crippen LogP contribution >= 0.6 is 0 Å². The van der Waals surface area contributed by atoms with Crippen molar-refractivity contribution in [3.63, 3.8) is 0 Å². The third-order valence-corrected chi connectivity index (χ3v) is 0.796. The van der Waals surface area contributed by atoms with Gasteiger partial charge in [0.15, 0.2) is 0 Å². The first kappa shape index (κ1) is 8.01. The summed E-state index contributed by atoms with van der Waals surface area (Å²) in [4.78, 5) is 9.85. The van der Waals surface area contributed by atoms with Gasteiger partial charge in [0.05, 0.1) is 11.8 Å². The first-order valence-corrected chi connectivity index (χ1v) is 2.79. The molecule has 52 valence electrons. The summed E-state index contributed by atoms with van der Waals surface area (Å²) in [7, 11) is 0. The van der Waals surface area contributed by atoms with E-state index in [1.807, 2.05) is 6.92 Å². The SMILES string of the molecule is CCC/C(O)=C/C(=O)O. The summed E-state index contributed by atoms with van der Waals surface area (Å²) < 4.78 is 0. The second kappa shape index (κ2) is 3.95. The van der Waals surface area contributed by atoms with Gasteiger partial charge >= 0.3 is 5.97 Å². The molecule has 0 aromatic carbocycles. The van der Waals surface area contributed by atoms with Gasteiger partial charge in [-0.3, -0.25) is 0 Å². The fraction of sp³-hybridized carbons (Fsp3) is 0.500. The number of rotatable bonds is 3. The van der Waals surface area contributed by atoms with Gasteiger partial charge in [-0.15, -0.1) is 0 Å². The van der Waals surface area contributed by atoms with Gasteiger partial charge < -0.3 is 10.2 Å². The number of aliphatic hydroxyl groups excluding tert-OH is 1. The van der Waals surface area contributed by atoms with E-state index in [1.54, 1.807) is 0 Å². The van der Waals surface area contributed by atoms with E-state index in [2.05, 4.69) is 0 Å². The largest absolute Gasteiger partial charge is 0.512 e. The Kier molecular flexibility index (Phi) is 3.51. The van der Waals surface area contributed by atoms with Crippen LogP contribution in [0, 0.1) is 0 Å². The number of hydrogen-bond acceptors (Lipinski definition) is 2. The molecule has 0 amide bonds. The number of allylic oxidation sites excluding steroid dienone is 1. The third-order valence-electron chi connectivity index (χ3n) is 0.796. The molecule has 0 aliphatic heterocycles. The molecule has 0 spiro atoms. The van der Waals surface area contributed by atoms with Crippen molar-refractivity contribution in [2.45, 2.75) is 19.8 Å². The number of aliphatic hydroxyl groups is 1. The zero-order valence-corrected chi connectivity index (χ0v) is 5.29. The molecule has 0 radical (unpaired) electrons. The molecule has 0 aliphatic carbocycles. The fourth-order valence-corrected chi connectivity index (χ4v) is 0.471. The lowest BCUT2D eigenvalue weighted by Gasteiger charge is -1.91. The van der Waals surface area contributed by atoms with E-state index >= 15 is 0 Å². The maximum absolute atomic E-state index is 9.85. The van der Waals surface area contributed by atoms with E-state index in [0.29, 0.717) is 6.42 Å². The molecule has 0 fully saturated rings. The van der Waals surface area contributed by atoms with Crippen molar-refractivity contribution in [3.05, 3.63) is 11.8 Å². The molecule has 9 heavy (non-hydrogen) atoms. The molecule has 3 heteroatoms. The summed E-state index contributed by atoms with van der Waals surface area (Å²) in [6.45, 7) is 1.87. The average molecular weight is 130 g/mol. The third kappa shape index (κ3) is 4.87. The smallest absolute Gasteiger partial charge is 0.331 e. The van der Waals surface area contributed by atoms with Crippen LogP contribution < -0.4 is 0 Å². The lowest BCUT2D eigenvalue weighted by atomic mass is 10.3. The quantitative estimate of drug-likeness (QED) is 0.447. The van der Waals surface area contributed by atoms with E-state index in [-0.39, 0.29) is 5.76 Å². The number of aliphatic carboxylic acids is 1. The van der Waals surface area contributed by atoms with Gasteiger partial charge in [0, 0.05) is 6.42 Å². The van der Waals surface area contributed by atoms with Crippen LogP contribution in [0.4, 0.5) is 0 Å². The van der Waals surface area contributed by atoms with E-state index in [9.17, 15) is 4.79 Å². The Hall–Kier alpha value is -0.990. The summed E-state index contributed by atoms with van der Waals surface area (Å²) >= 11 is 0. The minimum Gasteiger partial charge on any atom is -0.512 e. The fourth-order valence-electron chi connectivity index (χ4n) is 0.471. The highest BCUT2D eigenvalue weighted by Gasteiger charge is 1.93. The van der Waals surface area contributed by atoms with Crippen molar-refractivity contribution < 1.29 is 15.0 Å². The van der Waals surface area contributed by atoms with Crippen molar-refractivity contribution >= 4 is 5.97 Å². The molecule has 0 rings (SSSR count). The van der Waals surface area contributed by atoms with Crippen LogP contribution in [0.3, 0.4) is 0 Å². The number of hydrogen-bond donors (Lipinski definition) is 2. The van der Waals surface area contributed by atoms with Gasteiger partial charge in [-0.05, 0) is 6.42 Å². The van der Waals surface area contributed by atoms with Crippen LogP contribution in [-0.4, -0.2) is 16.2 Å². The molecule has 0 unspecified atom stereocenters. The number of carbonyl (C=O) groups is 1. The second-order valence-electron chi connectivity index (χ2n) is 1.72. The standard InChI is InChI=1S/C6H10O3/c1-2-3-5(7)4-6(8)9/h4,7H,2-3H2,1H3,(H,8,9)/b5-4-. The summed E-state index contributed by atoms with van der Waals surface area (Å²) in [5, 5.41) is 16.8. The Morgan fingerprint density at radius 2 is 2.11 bits per heavy atom. The lowest BCUT2D eigenvalue weighted by molar-refractivity contribution is -0.131. The van der Waals surface area contributed by atoms with Crippen LogP contribution in [-0.2, 0) is 4.79 Å². The second-order valence-corrected chi connectivity index (χ2v) is 1.72. The zero-order chi connectivity index (χ0) is 7.28. The molecule has 0 saturated carbocycles. The van der Waals surface area contributed by atoms with Gasteiger partial charge in [0.1, 0.15) is 0 Å². The first-order valence-electron chi connectivity index (χ1n) is 2.79. The average Bonchev–Trinajstić information content (AvgIpc) is 1.63. The molecule has 3 nitrogen and oxygen atoms in total. The maximum Gasteiger partial charge on any atom is 0.331 e. The highest BCUT2D eigenvalue weighted by molar-refractivity contribution is 5.80.